The monoisotopic (exact) mass is 246 g/mol. The largest absolute Gasteiger partial charge is 0.0622 e. The van der Waals surface area contributed by atoms with E-state index in [9.17, 15) is 0 Å². The van der Waals surface area contributed by atoms with Crippen LogP contribution in [-0.4, -0.2) is 0 Å². The summed E-state index contributed by atoms with van der Waals surface area (Å²) in [5.74, 6) is 0. The smallest absolute Gasteiger partial charge is 0.0210 e. The Morgan fingerprint density at radius 1 is 0.786 bits per heavy atom. The summed E-state index contributed by atoms with van der Waals surface area (Å²) in [4.78, 5) is 0. The van der Waals surface area contributed by atoms with Crippen molar-refractivity contribution in [2.24, 2.45) is 0 Å². The summed E-state index contributed by atoms with van der Waals surface area (Å²) < 4.78 is 1.18. The van der Waals surface area contributed by atoms with Gasteiger partial charge in [-0.05, 0) is 23.6 Å². The van der Waals surface area contributed by atoms with Crippen molar-refractivity contribution in [3.05, 3.63) is 70.2 Å². The van der Waals surface area contributed by atoms with Crippen molar-refractivity contribution in [2.45, 2.75) is 6.42 Å². The highest BCUT2D eigenvalue weighted by molar-refractivity contribution is 9.10. The molecule has 0 atom stereocenters. The van der Waals surface area contributed by atoms with Gasteiger partial charge in [-0.2, -0.15) is 0 Å². The molecule has 14 heavy (non-hydrogen) atoms. The second-order valence-corrected chi connectivity index (χ2v) is 4.11. The number of rotatable bonds is 2. The molecule has 0 unspecified atom stereocenters. The van der Waals surface area contributed by atoms with Crippen LogP contribution in [0.1, 0.15) is 11.1 Å². The molecule has 0 aliphatic heterocycles. The standard InChI is InChI=1S/C13H11Br/c14-13-9-5-4-8-12(13)10-11-6-2-1-3-7-11/h1-9H,10H2. The molecular formula is C13H11Br. The highest BCUT2D eigenvalue weighted by Crippen LogP contribution is 2.19. The summed E-state index contributed by atoms with van der Waals surface area (Å²) in [6.07, 6.45) is 0.988. The normalized spacial score (nSPS) is 10.1. The van der Waals surface area contributed by atoms with Crippen LogP contribution in [0.5, 0.6) is 0 Å². The SMILES string of the molecule is Brc1ccccc1Cc1ccccc1. The minimum atomic E-state index is 0.988. The number of hydrogen-bond acceptors (Lipinski definition) is 0. The van der Waals surface area contributed by atoms with Crippen LogP contribution < -0.4 is 0 Å². The zero-order chi connectivity index (χ0) is 9.80. The van der Waals surface area contributed by atoms with Gasteiger partial charge >= 0.3 is 0 Å². The van der Waals surface area contributed by atoms with Gasteiger partial charge < -0.3 is 0 Å². The molecule has 0 aromatic heterocycles. The molecule has 0 aliphatic carbocycles. The average molecular weight is 247 g/mol. The molecule has 0 nitrogen and oxygen atoms in total. The van der Waals surface area contributed by atoms with Gasteiger partial charge in [0.2, 0.25) is 0 Å². The van der Waals surface area contributed by atoms with Gasteiger partial charge in [0.25, 0.3) is 0 Å². The summed E-state index contributed by atoms with van der Waals surface area (Å²) in [5.41, 5.74) is 2.68. The van der Waals surface area contributed by atoms with Crippen molar-refractivity contribution in [3.63, 3.8) is 0 Å². The number of hydrogen-bond donors (Lipinski definition) is 0. The zero-order valence-electron chi connectivity index (χ0n) is 7.78. The second kappa shape index (κ2) is 4.43. The fourth-order valence-electron chi connectivity index (χ4n) is 1.46. The third kappa shape index (κ3) is 2.24. The maximum atomic E-state index is 3.55. The van der Waals surface area contributed by atoms with Gasteiger partial charge in [-0.1, -0.05) is 64.5 Å². The molecule has 2 aromatic rings. The predicted octanol–water partition coefficient (Wildman–Crippen LogP) is 4.04. The summed E-state index contributed by atoms with van der Waals surface area (Å²) in [7, 11) is 0. The van der Waals surface area contributed by atoms with Crippen LogP contribution in [0.25, 0.3) is 0 Å². The maximum Gasteiger partial charge on any atom is 0.0210 e. The summed E-state index contributed by atoms with van der Waals surface area (Å²) in [5, 5.41) is 0. The number of benzene rings is 2. The predicted molar refractivity (Wildman–Crippen MR) is 63.4 cm³/mol. The molecule has 0 fully saturated rings. The fourth-order valence-corrected chi connectivity index (χ4v) is 1.88. The number of halogens is 1. The Bertz CT molecular complexity index is 407. The molecular weight excluding hydrogens is 236 g/mol. The molecule has 0 radical (unpaired) electrons. The molecule has 0 aliphatic rings. The van der Waals surface area contributed by atoms with E-state index in [1.807, 2.05) is 12.1 Å². The van der Waals surface area contributed by atoms with E-state index in [0.29, 0.717) is 0 Å². The first-order chi connectivity index (χ1) is 6.86. The van der Waals surface area contributed by atoms with Gasteiger partial charge in [-0.25, -0.2) is 0 Å². The van der Waals surface area contributed by atoms with E-state index >= 15 is 0 Å². The molecule has 0 heterocycles. The molecule has 0 N–H and O–H groups in total. The van der Waals surface area contributed by atoms with Crippen LogP contribution in [0, 0.1) is 0 Å². The molecule has 2 aromatic carbocycles. The Morgan fingerprint density at radius 3 is 2.14 bits per heavy atom. The molecule has 0 spiro atoms. The molecule has 2 rings (SSSR count). The maximum absolute atomic E-state index is 3.55. The van der Waals surface area contributed by atoms with Crippen molar-refractivity contribution in [3.8, 4) is 0 Å². The highest BCUT2D eigenvalue weighted by atomic mass is 79.9. The first-order valence-electron chi connectivity index (χ1n) is 4.63. The summed E-state index contributed by atoms with van der Waals surface area (Å²) >= 11 is 3.55. The Morgan fingerprint density at radius 2 is 1.43 bits per heavy atom. The van der Waals surface area contributed by atoms with Crippen LogP contribution in [0.4, 0.5) is 0 Å². The minimum absolute atomic E-state index is 0.988. The summed E-state index contributed by atoms with van der Waals surface area (Å²) in [6, 6.07) is 18.8. The minimum Gasteiger partial charge on any atom is -0.0622 e. The van der Waals surface area contributed by atoms with Crippen molar-refractivity contribution in [1.29, 1.82) is 0 Å². The fraction of sp³-hybridized carbons (Fsp3) is 0.0769. The van der Waals surface area contributed by atoms with Gasteiger partial charge in [-0.15, -0.1) is 0 Å². The van der Waals surface area contributed by atoms with E-state index in [-0.39, 0.29) is 0 Å². The van der Waals surface area contributed by atoms with E-state index in [4.69, 9.17) is 0 Å². The van der Waals surface area contributed by atoms with Gasteiger partial charge in [0.05, 0.1) is 0 Å². The lowest BCUT2D eigenvalue weighted by Gasteiger charge is -2.03. The van der Waals surface area contributed by atoms with E-state index in [2.05, 4.69) is 58.4 Å². The van der Waals surface area contributed by atoms with Gasteiger partial charge in [-0.3, -0.25) is 0 Å². The highest BCUT2D eigenvalue weighted by Gasteiger charge is 1.98. The molecule has 1 heteroatoms. The lowest BCUT2D eigenvalue weighted by Crippen LogP contribution is -1.88. The molecule has 0 bridgehead atoms. The zero-order valence-corrected chi connectivity index (χ0v) is 9.37. The lowest BCUT2D eigenvalue weighted by molar-refractivity contribution is 1.18. The van der Waals surface area contributed by atoms with Crippen LogP contribution in [-0.2, 0) is 6.42 Å². The Labute approximate surface area is 92.7 Å². The first-order valence-corrected chi connectivity index (χ1v) is 5.43. The quantitative estimate of drug-likeness (QED) is 0.751. The topological polar surface area (TPSA) is 0 Å². The van der Waals surface area contributed by atoms with Gasteiger partial charge in [0.1, 0.15) is 0 Å². The van der Waals surface area contributed by atoms with Crippen LogP contribution in [0.3, 0.4) is 0 Å². The Balaban J connectivity index is 2.24. The van der Waals surface area contributed by atoms with E-state index in [1.165, 1.54) is 15.6 Å². The lowest BCUT2D eigenvalue weighted by atomic mass is 10.1. The summed E-state index contributed by atoms with van der Waals surface area (Å²) in [6.45, 7) is 0. The second-order valence-electron chi connectivity index (χ2n) is 3.25. The Kier molecular flexibility index (Phi) is 3.00. The Hall–Kier alpha value is -1.08. The van der Waals surface area contributed by atoms with Gasteiger partial charge in [0.15, 0.2) is 0 Å². The van der Waals surface area contributed by atoms with Crippen LogP contribution in [0.15, 0.2) is 59.1 Å². The van der Waals surface area contributed by atoms with Crippen LogP contribution in [0.2, 0.25) is 0 Å². The first kappa shape index (κ1) is 9.47. The third-order valence-electron chi connectivity index (χ3n) is 2.20. The average Bonchev–Trinajstić information content (AvgIpc) is 2.23. The van der Waals surface area contributed by atoms with E-state index < -0.39 is 0 Å². The molecule has 0 saturated carbocycles. The molecule has 0 saturated heterocycles. The van der Waals surface area contributed by atoms with Crippen molar-refractivity contribution in [1.82, 2.24) is 0 Å². The van der Waals surface area contributed by atoms with Crippen molar-refractivity contribution < 1.29 is 0 Å². The van der Waals surface area contributed by atoms with Gasteiger partial charge in [0, 0.05) is 4.47 Å². The van der Waals surface area contributed by atoms with Crippen molar-refractivity contribution >= 4 is 15.9 Å². The van der Waals surface area contributed by atoms with E-state index in [0.717, 1.165) is 6.42 Å². The van der Waals surface area contributed by atoms with Crippen molar-refractivity contribution in [2.75, 3.05) is 0 Å². The third-order valence-corrected chi connectivity index (χ3v) is 2.97. The van der Waals surface area contributed by atoms with E-state index in [1.54, 1.807) is 0 Å². The van der Waals surface area contributed by atoms with Crippen LogP contribution >= 0.6 is 15.9 Å². The molecule has 0 amide bonds. The molecule has 70 valence electrons.